The molecule has 0 radical (unpaired) electrons. The third-order valence-electron chi connectivity index (χ3n) is 5.32. The molecule has 1 aliphatic rings. The van der Waals surface area contributed by atoms with Crippen LogP contribution in [0.3, 0.4) is 0 Å². The van der Waals surface area contributed by atoms with Crippen LogP contribution < -0.4 is 5.32 Å². The van der Waals surface area contributed by atoms with Crippen LogP contribution in [0.25, 0.3) is 22.1 Å². The van der Waals surface area contributed by atoms with Gasteiger partial charge in [-0.15, -0.1) is 0 Å². The highest BCUT2D eigenvalue weighted by molar-refractivity contribution is 5.94. The summed E-state index contributed by atoms with van der Waals surface area (Å²) in [6.45, 7) is 0.219. The van der Waals surface area contributed by atoms with Crippen molar-refractivity contribution in [1.82, 2.24) is 0 Å². The lowest BCUT2D eigenvalue weighted by atomic mass is 9.98. The Kier molecular flexibility index (Phi) is 4.25. The van der Waals surface area contributed by atoms with Crippen molar-refractivity contribution in [2.75, 3.05) is 11.9 Å². The highest BCUT2D eigenvalue weighted by Gasteiger charge is 2.29. The lowest BCUT2D eigenvalue weighted by Crippen LogP contribution is -2.17. The van der Waals surface area contributed by atoms with Crippen LogP contribution >= 0.6 is 0 Å². The number of nitrogens with one attached hydrogen (secondary N) is 1. The third-order valence-corrected chi connectivity index (χ3v) is 5.32. The highest BCUT2D eigenvalue weighted by Crippen LogP contribution is 2.44. The molecule has 2 N–H and O–H groups in total. The molecule has 5 rings (SSSR count). The van der Waals surface area contributed by atoms with Gasteiger partial charge >= 0.3 is 12.1 Å². The van der Waals surface area contributed by atoms with Crippen molar-refractivity contribution in [2.24, 2.45) is 0 Å². The Balaban J connectivity index is 1.31. The predicted molar refractivity (Wildman–Crippen MR) is 112 cm³/mol. The van der Waals surface area contributed by atoms with E-state index in [0.29, 0.717) is 16.7 Å². The van der Waals surface area contributed by atoms with Gasteiger partial charge in [0.2, 0.25) is 5.76 Å². The Labute approximate surface area is 171 Å². The van der Waals surface area contributed by atoms with Crippen molar-refractivity contribution in [3.8, 4) is 11.1 Å². The number of carbonyl (C=O) groups is 2. The monoisotopic (exact) mass is 399 g/mol. The number of rotatable bonds is 4. The van der Waals surface area contributed by atoms with E-state index in [-0.39, 0.29) is 18.3 Å². The number of furan rings is 1. The smallest absolute Gasteiger partial charge is 0.411 e. The number of amides is 1. The van der Waals surface area contributed by atoms with E-state index in [9.17, 15) is 9.59 Å². The van der Waals surface area contributed by atoms with Crippen LogP contribution in [0.4, 0.5) is 10.5 Å². The Hall–Kier alpha value is -4.06. The topological polar surface area (TPSA) is 88.8 Å². The van der Waals surface area contributed by atoms with Gasteiger partial charge in [-0.25, -0.2) is 9.59 Å². The van der Waals surface area contributed by atoms with Gasteiger partial charge in [-0.2, -0.15) is 0 Å². The fraction of sp³-hybridized carbons (Fsp3) is 0.0833. The predicted octanol–water partition coefficient (Wildman–Crippen LogP) is 5.49. The van der Waals surface area contributed by atoms with E-state index in [0.717, 1.165) is 11.1 Å². The van der Waals surface area contributed by atoms with Gasteiger partial charge in [-0.05, 0) is 46.5 Å². The van der Waals surface area contributed by atoms with E-state index in [4.69, 9.17) is 14.3 Å². The molecule has 0 unspecified atom stereocenters. The first-order valence-corrected chi connectivity index (χ1v) is 9.49. The average molecular weight is 399 g/mol. The summed E-state index contributed by atoms with van der Waals surface area (Å²) in [6, 6.07) is 22.6. The maximum atomic E-state index is 12.4. The molecule has 4 aromatic rings. The van der Waals surface area contributed by atoms with Gasteiger partial charge in [0.1, 0.15) is 12.2 Å². The number of benzene rings is 3. The summed E-state index contributed by atoms with van der Waals surface area (Å²) < 4.78 is 10.8. The number of fused-ring (bicyclic) bond motifs is 4. The minimum absolute atomic E-state index is 0.0161. The second-order valence-electron chi connectivity index (χ2n) is 7.12. The van der Waals surface area contributed by atoms with E-state index < -0.39 is 12.1 Å². The van der Waals surface area contributed by atoms with Crippen molar-refractivity contribution < 1.29 is 23.8 Å². The van der Waals surface area contributed by atoms with Gasteiger partial charge < -0.3 is 14.3 Å². The number of ether oxygens (including phenoxy) is 1. The van der Waals surface area contributed by atoms with E-state index in [1.807, 2.05) is 24.3 Å². The summed E-state index contributed by atoms with van der Waals surface area (Å²) in [5.74, 6) is -1.31. The fourth-order valence-corrected chi connectivity index (χ4v) is 3.98. The Bertz CT molecular complexity index is 1240. The summed E-state index contributed by atoms with van der Waals surface area (Å²) in [4.78, 5) is 23.4. The Morgan fingerprint density at radius 3 is 2.27 bits per heavy atom. The summed E-state index contributed by atoms with van der Waals surface area (Å²) in [6.07, 6.45) is -0.571. The average Bonchev–Trinajstić information content (AvgIpc) is 3.31. The lowest BCUT2D eigenvalue weighted by Gasteiger charge is -2.14. The normalized spacial score (nSPS) is 12.4. The first-order chi connectivity index (χ1) is 14.6. The zero-order valence-corrected chi connectivity index (χ0v) is 15.8. The maximum Gasteiger partial charge on any atom is 0.411 e. The molecule has 0 saturated heterocycles. The summed E-state index contributed by atoms with van der Waals surface area (Å²) >= 11 is 0. The largest absolute Gasteiger partial charge is 0.475 e. The molecule has 1 aromatic heterocycles. The van der Waals surface area contributed by atoms with E-state index in [2.05, 4.69) is 29.6 Å². The SMILES string of the molecule is O=C(Nc1ccc2oc(C(=O)O)cc2c1)OCC1c2ccccc2-c2ccccc21. The fourth-order valence-electron chi connectivity index (χ4n) is 3.98. The molecular weight excluding hydrogens is 382 g/mol. The number of aromatic carboxylic acids is 1. The molecular formula is C24H17NO5. The molecule has 0 atom stereocenters. The van der Waals surface area contributed by atoms with Gasteiger partial charge in [0, 0.05) is 17.0 Å². The first-order valence-electron chi connectivity index (χ1n) is 9.49. The minimum Gasteiger partial charge on any atom is -0.475 e. The summed E-state index contributed by atoms with van der Waals surface area (Å²) in [7, 11) is 0. The van der Waals surface area contributed by atoms with Crippen molar-refractivity contribution in [1.29, 1.82) is 0 Å². The van der Waals surface area contributed by atoms with Gasteiger partial charge in [0.15, 0.2) is 0 Å². The molecule has 0 fully saturated rings. The van der Waals surface area contributed by atoms with Gasteiger partial charge in [0.25, 0.3) is 0 Å². The third kappa shape index (κ3) is 3.08. The molecule has 0 saturated carbocycles. The van der Waals surface area contributed by atoms with Crippen LogP contribution in [-0.2, 0) is 4.74 Å². The molecule has 1 amide bonds. The molecule has 30 heavy (non-hydrogen) atoms. The molecule has 0 spiro atoms. The van der Waals surface area contributed by atoms with Crippen LogP contribution in [0.15, 0.2) is 77.2 Å². The number of hydrogen-bond acceptors (Lipinski definition) is 4. The zero-order valence-electron chi connectivity index (χ0n) is 15.8. The quantitative estimate of drug-likeness (QED) is 0.474. The van der Waals surface area contributed by atoms with Gasteiger partial charge in [0.05, 0.1) is 0 Å². The summed E-state index contributed by atoms with van der Waals surface area (Å²) in [5.41, 5.74) is 5.56. The van der Waals surface area contributed by atoms with Crippen LogP contribution in [-0.4, -0.2) is 23.8 Å². The number of carboxylic acids is 1. The minimum atomic E-state index is -1.14. The lowest BCUT2D eigenvalue weighted by molar-refractivity contribution is 0.0665. The second-order valence-corrected chi connectivity index (χ2v) is 7.12. The Morgan fingerprint density at radius 2 is 1.60 bits per heavy atom. The number of anilines is 1. The van der Waals surface area contributed by atoms with Gasteiger partial charge in [-0.3, -0.25) is 5.32 Å². The van der Waals surface area contributed by atoms with E-state index in [1.165, 1.54) is 17.2 Å². The van der Waals surface area contributed by atoms with E-state index in [1.54, 1.807) is 18.2 Å². The molecule has 6 nitrogen and oxygen atoms in total. The highest BCUT2D eigenvalue weighted by atomic mass is 16.5. The molecule has 6 heteroatoms. The van der Waals surface area contributed by atoms with E-state index >= 15 is 0 Å². The van der Waals surface area contributed by atoms with Crippen molar-refractivity contribution in [2.45, 2.75) is 5.92 Å². The second kappa shape index (κ2) is 7.08. The molecule has 3 aromatic carbocycles. The molecule has 1 heterocycles. The van der Waals surface area contributed by atoms with Crippen LogP contribution in [0.2, 0.25) is 0 Å². The first kappa shape index (κ1) is 18.0. The van der Waals surface area contributed by atoms with Gasteiger partial charge in [-0.1, -0.05) is 48.5 Å². The number of carboxylic acid groups (broad SMARTS) is 1. The van der Waals surface area contributed by atoms with Crippen LogP contribution in [0.1, 0.15) is 27.6 Å². The maximum absolute atomic E-state index is 12.4. The van der Waals surface area contributed by atoms with Crippen molar-refractivity contribution >= 4 is 28.7 Å². The molecule has 1 aliphatic carbocycles. The Morgan fingerprint density at radius 1 is 0.933 bits per heavy atom. The van der Waals surface area contributed by atoms with Crippen LogP contribution in [0.5, 0.6) is 0 Å². The standard InChI is InChI=1S/C24H17NO5/c26-23(27)22-12-14-11-15(9-10-21(14)30-22)25-24(28)29-13-20-18-7-3-1-5-16(18)17-6-2-4-8-19(17)20/h1-12,20H,13H2,(H,25,28)(H,26,27). The number of hydrogen-bond donors (Lipinski definition) is 2. The zero-order chi connectivity index (χ0) is 20.7. The number of carbonyl (C=O) groups excluding carboxylic acids is 1. The molecule has 0 bridgehead atoms. The molecule has 148 valence electrons. The summed E-state index contributed by atoms with van der Waals surface area (Å²) in [5, 5.41) is 12.3. The van der Waals surface area contributed by atoms with Crippen LogP contribution in [0, 0.1) is 0 Å². The van der Waals surface area contributed by atoms with Crippen molar-refractivity contribution in [3.05, 3.63) is 89.7 Å². The molecule has 0 aliphatic heterocycles. The van der Waals surface area contributed by atoms with Crippen molar-refractivity contribution in [3.63, 3.8) is 0 Å².